The molecule has 5 nitrogen and oxygen atoms in total. The largest absolute Gasteiger partial charge is 0.423 e. The molecule has 0 saturated carbocycles. The minimum Gasteiger partial charge on any atom is -0.423 e. The Kier molecular flexibility index (Phi) is 4.06. The molecule has 22 heavy (non-hydrogen) atoms. The summed E-state index contributed by atoms with van der Waals surface area (Å²) in [5.74, 6) is 0.0292. The van der Waals surface area contributed by atoms with E-state index < -0.39 is 5.97 Å². The van der Waals surface area contributed by atoms with E-state index in [0.29, 0.717) is 22.9 Å². The van der Waals surface area contributed by atoms with Crippen molar-refractivity contribution in [2.45, 2.75) is 12.8 Å². The molecule has 2 heterocycles. The molecule has 1 aromatic carbocycles. The van der Waals surface area contributed by atoms with Crippen molar-refractivity contribution in [2.24, 2.45) is 0 Å². The Balaban J connectivity index is 1.69. The van der Waals surface area contributed by atoms with Gasteiger partial charge in [-0.2, -0.15) is 0 Å². The minimum absolute atomic E-state index is 0.122. The standard InChI is InChI=1S/C16H13ClN2O3/c17-14-8-3-11(10-18-14)16(21)22-13-6-4-12(5-7-13)19-9-1-2-15(19)20/h3-8,10H,1-2,9H2. The van der Waals surface area contributed by atoms with E-state index in [2.05, 4.69) is 4.98 Å². The Morgan fingerprint density at radius 2 is 1.95 bits per heavy atom. The predicted molar refractivity (Wildman–Crippen MR) is 82.2 cm³/mol. The van der Waals surface area contributed by atoms with Crippen LogP contribution in [0.15, 0.2) is 42.6 Å². The summed E-state index contributed by atoms with van der Waals surface area (Å²) in [5, 5.41) is 0.316. The molecule has 1 aromatic heterocycles. The first kappa shape index (κ1) is 14.5. The summed E-state index contributed by atoms with van der Waals surface area (Å²) < 4.78 is 5.26. The quantitative estimate of drug-likeness (QED) is 0.496. The van der Waals surface area contributed by atoms with Crippen molar-refractivity contribution in [2.75, 3.05) is 11.4 Å². The van der Waals surface area contributed by atoms with Crippen molar-refractivity contribution in [3.05, 3.63) is 53.3 Å². The van der Waals surface area contributed by atoms with Gasteiger partial charge in [-0.3, -0.25) is 4.79 Å². The summed E-state index contributed by atoms with van der Waals surface area (Å²) in [6.45, 7) is 0.731. The molecule has 1 aliphatic heterocycles. The number of amides is 1. The van der Waals surface area contributed by atoms with Gasteiger partial charge in [0.1, 0.15) is 10.9 Å². The Morgan fingerprint density at radius 1 is 1.18 bits per heavy atom. The lowest BCUT2D eigenvalue weighted by Gasteiger charge is -2.15. The summed E-state index contributed by atoms with van der Waals surface area (Å²) in [7, 11) is 0. The molecule has 1 aliphatic rings. The number of hydrogen-bond acceptors (Lipinski definition) is 4. The second-order valence-corrected chi connectivity index (χ2v) is 5.29. The van der Waals surface area contributed by atoms with Crippen LogP contribution in [-0.2, 0) is 4.79 Å². The summed E-state index contributed by atoms with van der Waals surface area (Å²) in [5.41, 5.74) is 1.14. The third-order valence-corrected chi connectivity index (χ3v) is 3.62. The summed E-state index contributed by atoms with van der Waals surface area (Å²) in [4.78, 5) is 29.2. The number of aromatic nitrogens is 1. The fourth-order valence-corrected chi connectivity index (χ4v) is 2.39. The molecule has 0 N–H and O–H groups in total. The number of halogens is 1. The van der Waals surface area contributed by atoms with Gasteiger partial charge in [-0.05, 0) is 42.8 Å². The number of anilines is 1. The van der Waals surface area contributed by atoms with Crippen LogP contribution < -0.4 is 9.64 Å². The van der Waals surface area contributed by atoms with Gasteiger partial charge < -0.3 is 9.64 Å². The van der Waals surface area contributed by atoms with Crippen molar-refractivity contribution in [1.82, 2.24) is 4.98 Å². The van der Waals surface area contributed by atoms with Crippen LogP contribution in [0.2, 0.25) is 5.15 Å². The van der Waals surface area contributed by atoms with E-state index in [-0.39, 0.29) is 5.91 Å². The lowest BCUT2D eigenvalue weighted by Crippen LogP contribution is -2.23. The van der Waals surface area contributed by atoms with Crippen LogP contribution in [0.3, 0.4) is 0 Å². The molecule has 0 radical (unpaired) electrons. The molecule has 0 spiro atoms. The monoisotopic (exact) mass is 316 g/mol. The number of pyridine rings is 1. The molecule has 1 fully saturated rings. The Morgan fingerprint density at radius 3 is 2.55 bits per heavy atom. The van der Waals surface area contributed by atoms with Crippen molar-refractivity contribution >= 4 is 29.2 Å². The van der Waals surface area contributed by atoms with Crippen molar-refractivity contribution < 1.29 is 14.3 Å². The van der Waals surface area contributed by atoms with Gasteiger partial charge in [0.25, 0.3) is 0 Å². The van der Waals surface area contributed by atoms with Crippen LogP contribution in [0, 0.1) is 0 Å². The van der Waals surface area contributed by atoms with E-state index in [9.17, 15) is 9.59 Å². The topological polar surface area (TPSA) is 59.5 Å². The molecule has 0 aliphatic carbocycles. The number of benzene rings is 1. The number of rotatable bonds is 3. The van der Waals surface area contributed by atoms with E-state index in [4.69, 9.17) is 16.3 Å². The minimum atomic E-state index is -0.505. The maximum Gasteiger partial charge on any atom is 0.345 e. The summed E-state index contributed by atoms with van der Waals surface area (Å²) in [6, 6.07) is 9.96. The third kappa shape index (κ3) is 3.09. The average Bonchev–Trinajstić information content (AvgIpc) is 2.95. The van der Waals surface area contributed by atoms with Crippen LogP contribution >= 0.6 is 11.6 Å². The third-order valence-electron chi connectivity index (χ3n) is 3.40. The van der Waals surface area contributed by atoms with Gasteiger partial charge in [0.2, 0.25) is 5.91 Å². The molecule has 0 bridgehead atoms. The van der Waals surface area contributed by atoms with Crippen molar-refractivity contribution in [1.29, 1.82) is 0 Å². The van der Waals surface area contributed by atoms with Gasteiger partial charge in [0.15, 0.2) is 0 Å². The number of carbonyl (C=O) groups excluding carboxylic acids is 2. The molecule has 6 heteroatoms. The highest BCUT2D eigenvalue weighted by atomic mass is 35.5. The van der Waals surface area contributed by atoms with Crippen LogP contribution in [0.5, 0.6) is 5.75 Å². The highest BCUT2D eigenvalue weighted by Crippen LogP contribution is 2.24. The zero-order chi connectivity index (χ0) is 15.5. The van der Waals surface area contributed by atoms with Crippen molar-refractivity contribution in [3.63, 3.8) is 0 Å². The van der Waals surface area contributed by atoms with Crippen LogP contribution in [-0.4, -0.2) is 23.4 Å². The second kappa shape index (κ2) is 6.15. The van der Waals surface area contributed by atoms with E-state index in [1.54, 1.807) is 35.2 Å². The van der Waals surface area contributed by atoms with Crippen LogP contribution in [0.4, 0.5) is 5.69 Å². The number of nitrogens with zero attached hydrogens (tertiary/aromatic N) is 2. The molecule has 3 rings (SSSR count). The first-order chi connectivity index (χ1) is 10.6. The second-order valence-electron chi connectivity index (χ2n) is 4.90. The van der Waals surface area contributed by atoms with Gasteiger partial charge in [0, 0.05) is 24.8 Å². The molecular weight excluding hydrogens is 304 g/mol. The zero-order valence-corrected chi connectivity index (χ0v) is 12.4. The lowest BCUT2D eigenvalue weighted by molar-refractivity contribution is -0.117. The van der Waals surface area contributed by atoms with E-state index in [1.807, 2.05) is 0 Å². The number of carbonyl (C=O) groups is 2. The van der Waals surface area contributed by atoms with Gasteiger partial charge in [-0.25, -0.2) is 9.78 Å². The van der Waals surface area contributed by atoms with Gasteiger partial charge in [-0.1, -0.05) is 11.6 Å². The molecule has 2 aromatic rings. The van der Waals surface area contributed by atoms with Gasteiger partial charge in [-0.15, -0.1) is 0 Å². The van der Waals surface area contributed by atoms with Crippen molar-refractivity contribution in [3.8, 4) is 5.75 Å². The highest BCUT2D eigenvalue weighted by Gasteiger charge is 2.21. The molecule has 1 amide bonds. The fourth-order valence-electron chi connectivity index (χ4n) is 2.28. The Labute approximate surface area is 132 Å². The normalized spacial score (nSPS) is 14.2. The predicted octanol–water partition coefficient (Wildman–Crippen LogP) is 3.08. The number of hydrogen-bond donors (Lipinski definition) is 0. The maximum absolute atomic E-state index is 11.9. The smallest absolute Gasteiger partial charge is 0.345 e. The van der Waals surface area contributed by atoms with Crippen LogP contribution in [0.1, 0.15) is 23.2 Å². The number of ether oxygens (including phenoxy) is 1. The zero-order valence-electron chi connectivity index (χ0n) is 11.7. The van der Waals surface area contributed by atoms with E-state index >= 15 is 0 Å². The maximum atomic E-state index is 11.9. The molecule has 0 atom stereocenters. The average molecular weight is 317 g/mol. The molecule has 0 unspecified atom stereocenters. The first-order valence-electron chi connectivity index (χ1n) is 6.88. The summed E-state index contributed by atoms with van der Waals surface area (Å²) in [6.07, 6.45) is 2.82. The Hall–Kier alpha value is -2.40. The van der Waals surface area contributed by atoms with Gasteiger partial charge in [0.05, 0.1) is 5.56 Å². The molecule has 112 valence electrons. The Bertz CT molecular complexity index is 698. The highest BCUT2D eigenvalue weighted by molar-refractivity contribution is 6.29. The van der Waals surface area contributed by atoms with Crippen LogP contribution in [0.25, 0.3) is 0 Å². The molecule has 1 saturated heterocycles. The van der Waals surface area contributed by atoms with E-state index in [1.165, 1.54) is 12.3 Å². The van der Waals surface area contributed by atoms with E-state index in [0.717, 1.165) is 18.7 Å². The fraction of sp³-hybridized carbons (Fsp3) is 0.188. The number of esters is 1. The first-order valence-corrected chi connectivity index (χ1v) is 7.25. The van der Waals surface area contributed by atoms with Gasteiger partial charge >= 0.3 is 5.97 Å². The summed E-state index contributed by atoms with van der Waals surface area (Å²) >= 11 is 5.67. The lowest BCUT2D eigenvalue weighted by atomic mass is 10.2. The molecular formula is C16H13ClN2O3. The SMILES string of the molecule is O=C(Oc1ccc(N2CCCC2=O)cc1)c1ccc(Cl)nc1.